The van der Waals surface area contributed by atoms with Crippen molar-refractivity contribution in [2.24, 2.45) is 7.05 Å². The number of aromatic nitrogens is 4. The highest BCUT2D eigenvalue weighted by Gasteiger charge is 2.28. The van der Waals surface area contributed by atoms with Crippen molar-refractivity contribution in [1.29, 1.82) is 0 Å². The molecule has 1 aliphatic heterocycles. The molecule has 0 bridgehead atoms. The number of halogens is 2. The van der Waals surface area contributed by atoms with Crippen LogP contribution >= 0.6 is 12.4 Å². The van der Waals surface area contributed by atoms with Crippen LogP contribution in [0.25, 0.3) is 11.2 Å². The highest BCUT2D eigenvalue weighted by Crippen LogP contribution is 2.23. The molecule has 4 N–H and O–H groups in total. The molecule has 8 nitrogen and oxygen atoms in total. The number of imidazole rings is 1. The van der Waals surface area contributed by atoms with Gasteiger partial charge in [0.2, 0.25) is 5.95 Å². The first kappa shape index (κ1) is 19.6. The number of hydrogen-bond acceptors (Lipinski definition) is 7. The molecule has 4 atom stereocenters. The van der Waals surface area contributed by atoms with Crippen LogP contribution in [0.5, 0.6) is 0 Å². The van der Waals surface area contributed by atoms with Crippen LogP contribution in [0.1, 0.15) is 20.3 Å². The summed E-state index contributed by atoms with van der Waals surface area (Å²) >= 11 is 0. The Bertz CT molecular complexity index is 710. The Morgan fingerprint density at radius 2 is 2.20 bits per heavy atom. The molecule has 3 rings (SSSR count). The van der Waals surface area contributed by atoms with Crippen molar-refractivity contribution in [3.8, 4) is 0 Å². The number of alkyl halides is 1. The summed E-state index contributed by atoms with van der Waals surface area (Å²) in [5, 5.41) is 19.1. The summed E-state index contributed by atoms with van der Waals surface area (Å²) in [4.78, 5) is 13.3. The Hall–Kier alpha value is -1.71. The van der Waals surface area contributed by atoms with Gasteiger partial charge in [-0.05, 0) is 13.3 Å². The van der Waals surface area contributed by atoms with Crippen LogP contribution in [0.2, 0.25) is 0 Å². The molecule has 140 valence electrons. The van der Waals surface area contributed by atoms with Gasteiger partial charge in [-0.15, -0.1) is 12.4 Å². The van der Waals surface area contributed by atoms with Gasteiger partial charge in [0.05, 0.1) is 24.5 Å². The lowest BCUT2D eigenvalue weighted by atomic mass is 10.1. The Morgan fingerprint density at radius 3 is 2.80 bits per heavy atom. The lowest BCUT2D eigenvalue weighted by molar-refractivity contribution is 0.169. The van der Waals surface area contributed by atoms with Crippen molar-refractivity contribution >= 4 is 35.3 Å². The first-order valence-corrected chi connectivity index (χ1v) is 8.24. The van der Waals surface area contributed by atoms with Gasteiger partial charge in [-0.2, -0.15) is 9.97 Å². The Kier molecular flexibility index (Phi) is 6.36. The molecule has 2 aromatic rings. The van der Waals surface area contributed by atoms with Gasteiger partial charge in [0.25, 0.3) is 0 Å². The molecule has 0 radical (unpaired) electrons. The molecule has 2 aromatic heterocycles. The molecule has 1 fully saturated rings. The van der Waals surface area contributed by atoms with E-state index in [0.29, 0.717) is 36.0 Å². The third-order valence-electron chi connectivity index (χ3n) is 4.36. The molecule has 3 heterocycles. The maximum absolute atomic E-state index is 13.9. The molecule has 0 aromatic carbocycles. The molecule has 1 saturated heterocycles. The van der Waals surface area contributed by atoms with Crippen LogP contribution in [0, 0.1) is 0 Å². The second-order valence-corrected chi connectivity index (χ2v) is 6.25. The van der Waals surface area contributed by atoms with E-state index in [0.717, 1.165) is 6.42 Å². The number of fused-ring (bicyclic) bond motifs is 1. The lowest BCUT2D eigenvalue weighted by Gasteiger charge is -2.21. The number of aryl methyl sites for hydroxylation is 1. The Morgan fingerprint density at radius 1 is 1.44 bits per heavy atom. The molecule has 2 unspecified atom stereocenters. The molecule has 0 aliphatic carbocycles. The van der Waals surface area contributed by atoms with Gasteiger partial charge in [0.15, 0.2) is 17.0 Å². The van der Waals surface area contributed by atoms with Gasteiger partial charge >= 0.3 is 0 Å². The highest BCUT2D eigenvalue weighted by atomic mass is 35.5. The van der Waals surface area contributed by atoms with Crippen LogP contribution < -0.4 is 16.0 Å². The summed E-state index contributed by atoms with van der Waals surface area (Å²) in [6.07, 6.45) is 0.870. The summed E-state index contributed by atoms with van der Waals surface area (Å²) in [5.41, 5.74) is 1.25. The van der Waals surface area contributed by atoms with Crippen molar-refractivity contribution in [2.75, 3.05) is 23.7 Å². The Balaban J connectivity index is 0.00000225. The number of aliphatic hydroxyl groups excluding tert-OH is 1. The fourth-order valence-corrected chi connectivity index (χ4v) is 2.87. The van der Waals surface area contributed by atoms with Crippen LogP contribution in [-0.4, -0.2) is 62.1 Å². The van der Waals surface area contributed by atoms with Crippen LogP contribution in [0.15, 0.2) is 6.33 Å². The van der Waals surface area contributed by atoms with E-state index in [1.54, 1.807) is 17.8 Å². The van der Waals surface area contributed by atoms with Crippen molar-refractivity contribution in [3.63, 3.8) is 0 Å². The van der Waals surface area contributed by atoms with E-state index >= 15 is 0 Å². The third-order valence-corrected chi connectivity index (χ3v) is 4.36. The molecule has 0 amide bonds. The highest BCUT2D eigenvalue weighted by molar-refractivity contribution is 5.85. The second-order valence-electron chi connectivity index (χ2n) is 6.25. The molecule has 1 aliphatic rings. The predicted molar refractivity (Wildman–Crippen MR) is 98.1 cm³/mol. The molecule has 0 saturated carbocycles. The molecule has 0 spiro atoms. The SMILES string of the molecule is CC[C@H](Nc1nc(NC2CNCC2F)c2ncn(C)c2n1)[C@@H](C)O.Cl. The average Bonchev–Trinajstić information content (AvgIpc) is 3.12. The fourth-order valence-electron chi connectivity index (χ4n) is 2.87. The molecular weight excluding hydrogens is 349 g/mol. The first-order valence-electron chi connectivity index (χ1n) is 8.24. The molecule has 25 heavy (non-hydrogen) atoms. The van der Waals surface area contributed by atoms with Crippen molar-refractivity contribution < 1.29 is 9.50 Å². The zero-order valence-electron chi connectivity index (χ0n) is 14.5. The Labute approximate surface area is 152 Å². The largest absolute Gasteiger partial charge is 0.391 e. The van der Waals surface area contributed by atoms with Gasteiger partial charge in [0.1, 0.15) is 6.17 Å². The van der Waals surface area contributed by atoms with E-state index in [1.165, 1.54) is 0 Å². The average molecular weight is 374 g/mol. The van der Waals surface area contributed by atoms with Gasteiger partial charge in [-0.3, -0.25) is 0 Å². The van der Waals surface area contributed by atoms with Gasteiger partial charge in [-0.25, -0.2) is 9.37 Å². The topological polar surface area (TPSA) is 99.9 Å². The van der Waals surface area contributed by atoms with Gasteiger partial charge in [0, 0.05) is 20.1 Å². The third kappa shape index (κ3) is 4.10. The van der Waals surface area contributed by atoms with Crippen LogP contribution in [-0.2, 0) is 7.05 Å². The summed E-state index contributed by atoms with van der Waals surface area (Å²) < 4.78 is 15.7. The molecular formula is C15H25ClFN7O. The summed E-state index contributed by atoms with van der Waals surface area (Å²) in [5.74, 6) is 0.891. The van der Waals surface area contributed by atoms with E-state index in [1.807, 2.05) is 14.0 Å². The maximum atomic E-state index is 13.9. The van der Waals surface area contributed by atoms with E-state index in [9.17, 15) is 9.50 Å². The van der Waals surface area contributed by atoms with Gasteiger partial charge < -0.3 is 25.6 Å². The zero-order valence-corrected chi connectivity index (χ0v) is 15.3. The van der Waals surface area contributed by atoms with Crippen molar-refractivity contribution in [3.05, 3.63) is 6.33 Å². The van der Waals surface area contributed by atoms with E-state index in [4.69, 9.17) is 0 Å². The number of nitrogens with one attached hydrogen (secondary N) is 3. The summed E-state index contributed by atoms with van der Waals surface area (Å²) in [6.45, 7) is 4.57. The minimum Gasteiger partial charge on any atom is -0.391 e. The fraction of sp³-hybridized carbons (Fsp3) is 0.667. The van der Waals surface area contributed by atoms with Crippen LogP contribution in [0.3, 0.4) is 0 Å². The minimum atomic E-state index is -0.976. The standard InChI is InChI=1S/C15H24FN7O.ClH/c1-4-10(8(2)24)20-15-21-13(19-11-6-17-5-9(11)16)12-14(22-15)23(3)7-18-12;/h7-11,17,24H,4-6H2,1-3H3,(H2,19,20,21,22);1H/t8-,9?,10+,11?;/m1./s1. The lowest BCUT2D eigenvalue weighted by Crippen LogP contribution is -2.32. The number of anilines is 2. The number of aliphatic hydroxyl groups is 1. The van der Waals surface area contributed by atoms with E-state index in [2.05, 4.69) is 30.9 Å². The number of hydrogen-bond donors (Lipinski definition) is 4. The number of rotatable bonds is 6. The minimum absolute atomic E-state index is 0. The second kappa shape index (κ2) is 8.11. The first-order chi connectivity index (χ1) is 11.5. The van der Waals surface area contributed by atoms with Crippen molar-refractivity contribution in [2.45, 2.75) is 44.6 Å². The van der Waals surface area contributed by atoms with Crippen LogP contribution in [0.4, 0.5) is 16.2 Å². The van der Waals surface area contributed by atoms with Crippen molar-refractivity contribution in [1.82, 2.24) is 24.8 Å². The summed E-state index contributed by atoms with van der Waals surface area (Å²) in [7, 11) is 1.84. The maximum Gasteiger partial charge on any atom is 0.227 e. The van der Waals surface area contributed by atoms with E-state index in [-0.39, 0.29) is 24.5 Å². The quantitative estimate of drug-likeness (QED) is 0.601. The summed E-state index contributed by atoms with van der Waals surface area (Å²) in [6, 6.07) is -0.512. The smallest absolute Gasteiger partial charge is 0.227 e. The monoisotopic (exact) mass is 373 g/mol. The van der Waals surface area contributed by atoms with E-state index < -0.39 is 12.3 Å². The molecule has 10 heteroatoms. The predicted octanol–water partition coefficient (Wildman–Crippen LogP) is 1.08. The normalized spacial score (nSPS) is 22.4. The zero-order chi connectivity index (χ0) is 17.3. The number of nitrogens with zero attached hydrogens (tertiary/aromatic N) is 4. The van der Waals surface area contributed by atoms with Gasteiger partial charge in [-0.1, -0.05) is 6.92 Å².